The van der Waals surface area contributed by atoms with Crippen molar-refractivity contribution < 1.29 is 0 Å². The van der Waals surface area contributed by atoms with Gasteiger partial charge in [-0.15, -0.1) is 0 Å². The highest BCUT2D eigenvalue weighted by Gasteiger charge is 2.01. The van der Waals surface area contributed by atoms with Crippen molar-refractivity contribution in [3.05, 3.63) is 35.4 Å². The van der Waals surface area contributed by atoms with Crippen LogP contribution in [0, 0.1) is 0 Å². The largest absolute Gasteiger partial charge is 0.313 e. The Labute approximate surface area is 86.9 Å². The Balaban J connectivity index is 2.69. The van der Waals surface area contributed by atoms with Crippen LogP contribution in [0.5, 0.6) is 0 Å². The topological polar surface area (TPSA) is 15.3 Å². The van der Waals surface area contributed by atoms with Crippen molar-refractivity contribution in [2.75, 3.05) is 20.6 Å². The molecule has 14 heavy (non-hydrogen) atoms. The predicted octanol–water partition coefficient (Wildman–Crippen LogP) is 1.86. The standard InChI is InChI=1S/C12H20N2/c1-4-13-9-11-7-5-6-8-12(11)10-14(2)3/h5-8,13H,4,9-10H2,1-3H3. The zero-order chi connectivity index (χ0) is 10.4. The third-order valence-corrected chi connectivity index (χ3v) is 2.17. The van der Waals surface area contributed by atoms with Gasteiger partial charge in [0.05, 0.1) is 0 Å². The molecule has 0 unspecified atom stereocenters. The number of hydrogen-bond donors (Lipinski definition) is 1. The summed E-state index contributed by atoms with van der Waals surface area (Å²) in [7, 11) is 4.20. The molecule has 0 aliphatic rings. The monoisotopic (exact) mass is 192 g/mol. The van der Waals surface area contributed by atoms with Crippen LogP contribution in [0.4, 0.5) is 0 Å². The molecule has 0 spiro atoms. The Hall–Kier alpha value is -0.860. The van der Waals surface area contributed by atoms with Gasteiger partial charge in [-0.25, -0.2) is 0 Å². The maximum Gasteiger partial charge on any atom is 0.0230 e. The van der Waals surface area contributed by atoms with Gasteiger partial charge in [-0.3, -0.25) is 0 Å². The van der Waals surface area contributed by atoms with Crippen LogP contribution >= 0.6 is 0 Å². The SMILES string of the molecule is CCNCc1ccccc1CN(C)C. The fraction of sp³-hybridized carbons (Fsp3) is 0.500. The molecule has 0 heterocycles. The molecule has 1 N–H and O–H groups in total. The molecule has 1 aromatic carbocycles. The van der Waals surface area contributed by atoms with Crippen LogP contribution in [-0.4, -0.2) is 25.5 Å². The van der Waals surface area contributed by atoms with Crippen molar-refractivity contribution in [1.82, 2.24) is 10.2 Å². The number of hydrogen-bond acceptors (Lipinski definition) is 2. The number of benzene rings is 1. The van der Waals surface area contributed by atoms with E-state index in [-0.39, 0.29) is 0 Å². The molecule has 0 atom stereocenters. The summed E-state index contributed by atoms with van der Waals surface area (Å²) >= 11 is 0. The summed E-state index contributed by atoms with van der Waals surface area (Å²) in [5.74, 6) is 0. The molecule has 0 aromatic heterocycles. The summed E-state index contributed by atoms with van der Waals surface area (Å²) in [6.07, 6.45) is 0. The van der Waals surface area contributed by atoms with Gasteiger partial charge >= 0.3 is 0 Å². The van der Waals surface area contributed by atoms with Crippen molar-refractivity contribution in [1.29, 1.82) is 0 Å². The maximum absolute atomic E-state index is 3.36. The van der Waals surface area contributed by atoms with Crippen molar-refractivity contribution in [3.8, 4) is 0 Å². The molecule has 0 saturated heterocycles. The normalized spacial score (nSPS) is 10.9. The Kier molecular flexibility index (Phi) is 4.63. The van der Waals surface area contributed by atoms with E-state index in [2.05, 4.69) is 55.5 Å². The first-order chi connectivity index (χ1) is 6.74. The van der Waals surface area contributed by atoms with Gasteiger partial charge in [-0.1, -0.05) is 31.2 Å². The first-order valence-electron chi connectivity index (χ1n) is 5.16. The second-order valence-electron chi connectivity index (χ2n) is 3.79. The first kappa shape index (κ1) is 11.2. The summed E-state index contributed by atoms with van der Waals surface area (Å²) in [6.45, 7) is 5.15. The van der Waals surface area contributed by atoms with Crippen molar-refractivity contribution in [3.63, 3.8) is 0 Å². The second kappa shape index (κ2) is 5.78. The minimum atomic E-state index is 0.973. The molecule has 0 fully saturated rings. The van der Waals surface area contributed by atoms with E-state index in [1.807, 2.05) is 0 Å². The molecule has 78 valence electrons. The average Bonchev–Trinajstić information content (AvgIpc) is 2.16. The Bertz CT molecular complexity index is 269. The van der Waals surface area contributed by atoms with E-state index in [0.717, 1.165) is 19.6 Å². The molecule has 0 radical (unpaired) electrons. The van der Waals surface area contributed by atoms with Gasteiger partial charge in [0.25, 0.3) is 0 Å². The Morgan fingerprint density at radius 2 is 1.79 bits per heavy atom. The van der Waals surface area contributed by atoms with E-state index in [0.29, 0.717) is 0 Å². The van der Waals surface area contributed by atoms with Crippen molar-refractivity contribution >= 4 is 0 Å². The van der Waals surface area contributed by atoms with E-state index in [1.165, 1.54) is 11.1 Å². The fourth-order valence-electron chi connectivity index (χ4n) is 1.48. The van der Waals surface area contributed by atoms with Gasteiger partial charge in [0.2, 0.25) is 0 Å². The Morgan fingerprint density at radius 3 is 2.36 bits per heavy atom. The number of rotatable bonds is 5. The van der Waals surface area contributed by atoms with Gasteiger partial charge in [-0.05, 0) is 31.8 Å². The summed E-state index contributed by atoms with van der Waals surface area (Å²) in [6, 6.07) is 8.61. The third-order valence-electron chi connectivity index (χ3n) is 2.17. The lowest BCUT2D eigenvalue weighted by atomic mass is 10.1. The van der Waals surface area contributed by atoms with E-state index >= 15 is 0 Å². The minimum absolute atomic E-state index is 0.973. The van der Waals surface area contributed by atoms with E-state index in [9.17, 15) is 0 Å². The predicted molar refractivity (Wildman–Crippen MR) is 61.2 cm³/mol. The molecule has 0 aliphatic heterocycles. The fourth-order valence-corrected chi connectivity index (χ4v) is 1.48. The second-order valence-corrected chi connectivity index (χ2v) is 3.79. The summed E-state index contributed by atoms with van der Waals surface area (Å²) in [4.78, 5) is 2.20. The molecular formula is C12H20N2. The van der Waals surface area contributed by atoms with E-state index in [1.54, 1.807) is 0 Å². The molecular weight excluding hydrogens is 172 g/mol. The zero-order valence-electron chi connectivity index (χ0n) is 9.38. The molecule has 0 aliphatic carbocycles. The van der Waals surface area contributed by atoms with Crippen LogP contribution in [0.1, 0.15) is 18.1 Å². The number of nitrogens with zero attached hydrogens (tertiary/aromatic N) is 1. The maximum atomic E-state index is 3.36. The van der Waals surface area contributed by atoms with Crippen LogP contribution in [0.25, 0.3) is 0 Å². The van der Waals surface area contributed by atoms with Gasteiger partial charge in [0.15, 0.2) is 0 Å². The van der Waals surface area contributed by atoms with Gasteiger partial charge in [0.1, 0.15) is 0 Å². The van der Waals surface area contributed by atoms with Crippen LogP contribution in [0.15, 0.2) is 24.3 Å². The number of nitrogens with one attached hydrogen (secondary N) is 1. The summed E-state index contributed by atoms with van der Waals surface area (Å²) < 4.78 is 0. The lowest BCUT2D eigenvalue weighted by Gasteiger charge is -2.14. The molecule has 0 amide bonds. The van der Waals surface area contributed by atoms with Gasteiger partial charge in [0, 0.05) is 13.1 Å². The highest BCUT2D eigenvalue weighted by atomic mass is 15.0. The minimum Gasteiger partial charge on any atom is -0.313 e. The molecule has 2 nitrogen and oxygen atoms in total. The van der Waals surface area contributed by atoms with Crippen molar-refractivity contribution in [2.45, 2.75) is 20.0 Å². The van der Waals surface area contributed by atoms with Crippen LogP contribution in [-0.2, 0) is 13.1 Å². The molecule has 0 bridgehead atoms. The molecule has 2 heteroatoms. The van der Waals surface area contributed by atoms with Crippen LogP contribution < -0.4 is 5.32 Å². The summed E-state index contributed by atoms with van der Waals surface area (Å²) in [5, 5.41) is 3.36. The lowest BCUT2D eigenvalue weighted by molar-refractivity contribution is 0.400. The highest BCUT2D eigenvalue weighted by Crippen LogP contribution is 2.09. The quantitative estimate of drug-likeness (QED) is 0.766. The van der Waals surface area contributed by atoms with Gasteiger partial charge < -0.3 is 10.2 Å². The third kappa shape index (κ3) is 3.48. The zero-order valence-corrected chi connectivity index (χ0v) is 9.38. The molecule has 1 aromatic rings. The van der Waals surface area contributed by atoms with E-state index in [4.69, 9.17) is 0 Å². The van der Waals surface area contributed by atoms with Crippen molar-refractivity contribution in [2.24, 2.45) is 0 Å². The Morgan fingerprint density at radius 1 is 1.14 bits per heavy atom. The highest BCUT2D eigenvalue weighted by molar-refractivity contribution is 5.26. The first-order valence-corrected chi connectivity index (χ1v) is 5.16. The van der Waals surface area contributed by atoms with Gasteiger partial charge in [-0.2, -0.15) is 0 Å². The smallest absolute Gasteiger partial charge is 0.0230 e. The molecule has 1 rings (SSSR count). The average molecular weight is 192 g/mol. The lowest BCUT2D eigenvalue weighted by Crippen LogP contribution is -2.16. The summed E-state index contributed by atoms with van der Waals surface area (Å²) in [5.41, 5.74) is 2.82. The van der Waals surface area contributed by atoms with Crippen LogP contribution in [0.2, 0.25) is 0 Å². The van der Waals surface area contributed by atoms with Crippen LogP contribution in [0.3, 0.4) is 0 Å². The molecule has 0 saturated carbocycles. The van der Waals surface area contributed by atoms with E-state index < -0.39 is 0 Å².